The molecule has 0 aromatic carbocycles. The van der Waals surface area contributed by atoms with Gasteiger partial charge in [-0.2, -0.15) is 0 Å². The van der Waals surface area contributed by atoms with Crippen LogP contribution in [0.4, 0.5) is 0 Å². The molecule has 0 rings (SSSR count). The molecule has 0 aromatic rings. The van der Waals surface area contributed by atoms with E-state index in [1.807, 2.05) is 0 Å². The van der Waals surface area contributed by atoms with E-state index in [1.165, 1.54) is 0 Å². The first-order valence-corrected chi connectivity index (χ1v) is 5.53. The molecule has 11 heteroatoms. The van der Waals surface area contributed by atoms with Gasteiger partial charge in [-0.3, -0.25) is 19.2 Å². The van der Waals surface area contributed by atoms with E-state index in [-0.39, 0.29) is 52.8 Å². The number of carboxylic acids is 4. The molecule has 0 unspecified atom stereocenters. The Morgan fingerprint density at radius 3 is 0.773 bits per heavy atom. The molecule has 0 bridgehead atoms. The van der Waals surface area contributed by atoms with Crippen LogP contribution >= 0.6 is 0 Å². The molecule has 0 heterocycles. The van der Waals surface area contributed by atoms with Crippen molar-refractivity contribution in [1.82, 2.24) is 0 Å². The minimum absolute atomic E-state index is 0. The summed E-state index contributed by atoms with van der Waals surface area (Å²) < 4.78 is 0. The maximum atomic E-state index is 9.00. The van der Waals surface area contributed by atoms with Gasteiger partial charge in [-0.05, 0) is 19.5 Å². The first-order chi connectivity index (χ1) is 9.34. The summed E-state index contributed by atoms with van der Waals surface area (Å²) in [7, 11) is 0. The number of hydrogen-bond donors (Lipinski definition) is 6. The minimum atomic E-state index is -0.833. The van der Waals surface area contributed by atoms with Gasteiger partial charge in [0, 0.05) is 27.7 Å². The fraction of sp³-hybridized carbons (Fsp3) is 0.636. The number of carbonyl (C=O) groups is 4. The van der Waals surface area contributed by atoms with E-state index in [2.05, 4.69) is 0 Å². The molecule has 0 aliphatic carbocycles. The smallest absolute Gasteiger partial charge is 1.00 e. The van der Waals surface area contributed by atoms with Crippen LogP contribution in [-0.2, 0) is 19.2 Å². The predicted molar refractivity (Wildman–Crippen MR) is 77.1 cm³/mol. The standard InChI is InChI=1S/C3H10N2.4C2H4O2.K.H/c4-2-1-3-5;4*1-2(3)4;;/h1-5H2;4*1H3,(H,3,4);;/q;;;;;+1;-1. The molecule has 10 nitrogen and oxygen atoms in total. The molecule has 22 heavy (non-hydrogen) atoms. The van der Waals surface area contributed by atoms with Crippen molar-refractivity contribution < 1.29 is 92.4 Å². The van der Waals surface area contributed by atoms with E-state index >= 15 is 0 Å². The van der Waals surface area contributed by atoms with E-state index in [4.69, 9.17) is 51.1 Å². The van der Waals surface area contributed by atoms with Crippen LogP contribution in [0.15, 0.2) is 0 Å². The average Bonchev–Trinajstić information content (AvgIpc) is 2.14. The topological polar surface area (TPSA) is 201 Å². The van der Waals surface area contributed by atoms with Gasteiger partial charge in [-0.15, -0.1) is 0 Å². The molecule has 0 atom stereocenters. The molecule has 0 fully saturated rings. The third kappa shape index (κ3) is 3200. The van der Waals surface area contributed by atoms with Gasteiger partial charge in [0.2, 0.25) is 0 Å². The molecule has 0 saturated carbocycles. The van der Waals surface area contributed by atoms with E-state index in [0.717, 1.165) is 47.2 Å². The minimum Gasteiger partial charge on any atom is -1.00 e. The predicted octanol–water partition coefficient (Wildman–Crippen LogP) is -3.23. The van der Waals surface area contributed by atoms with Crippen molar-refractivity contribution in [2.24, 2.45) is 11.5 Å². The quantitative estimate of drug-likeness (QED) is 0.274. The molecular formula is C11H27KN2O8. The van der Waals surface area contributed by atoms with Crippen LogP contribution in [0.1, 0.15) is 35.5 Å². The Morgan fingerprint density at radius 1 is 0.682 bits per heavy atom. The Balaban J connectivity index is -0.0000000273. The summed E-state index contributed by atoms with van der Waals surface area (Å²) >= 11 is 0. The molecule has 0 amide bonds. The van der Waals surface area contributed by atoms with Crippen molar-refractivity contribution in [2.75, 3.05) is 13.1 Å². The maximum absolute atomic E-state index is 9.00. The van der Waals surface area contributed by atoms with E-state index in [9.17, 15) is 0 Å². The molecule has 0 aliphatic heterocycles. The SMILES string of the molecule is CC(=O)O.CC(=O)O.CC(=O)O.CC(=O)O.NCCCN.[H-].[K+]. The van der Waals surface area contributed by atoms with Crippen LogP contribution in [-0.4, -0.2) is 57.4 Å². The van der Waals surface area contributed by atoms with Gasteiger partial charge < -0.3 is 33.3 Å². The van der Waals surface area contributed by atoms with Crippen LogP contribution in [0, 0.1) is 0 Å². The van der Waals surface area contributed by atoms with E-state index < -0.39 is 23.9 Å². The Bertz CT molecular complexity index is 215. The summed E-state index contributed by atoms with van der Waals surface area (Å²) in [6.45, 7) is 5.77. The average molecular weight is 354 g/mol. The van der Waals surface area contributed by atoms with Crippen molar-refractivity contribution in [3.63, 3.8) is 0 Å². The fourth-order valence-corrected chi connectivity index (χ4v) is 0.118. The summed E-state index contributed by atoms with van der Waals surface area (Å²) in [5.74, 6) is -3.33. The third-order valence-electron chi connectivity index (χ3n) is 0.408. The van der Waals surface area contributed by atoms with Crippen LogP contribution in [0.5, 0.6) is 0 Å². The van der Waals surface area contributed by atoms with Crippen molar-refractivity contribution in [3.8, 4) is 0 Å². The molecule has 0 aromatic heterocycles. The van der Waals surface area contributed by atoms with Gasteiger partial charge in [0.15, 0.2) is 0 Å². The molecule has 0 saturated heterocycles. The fourth-order valence-electron chi connectivity index (χ4n) is 0.118. The summed E-state index contributed by atoms with van der Waals surface area (Å²) in [6, 6.07) is 0. The normalized spacial score (nSPS) is 6.45. The molecule has 0 aliphatic rings. The second-order valence-corrected chi connectivity index (χ2v) is 3.01. The van der Waals surface area contributed by atoms with Gasteiger partial charge in [0.05, 0.1) is 0 Å². The van der Waals surface area contributed by atoms with Gasteiger partial charge in [-0.25, -0.2) is 0 Å². The summed E-state index contributed by atoms with van der Waals surface area (Å²) in [5, 5.41) is 29.7. The number of aliphatic carboxylic acids is 4. The van der Waals surface area contributed by atoms with Crippen LogP contribution < -0.4 is 62.9 Å². The van der Waals surface area contributed by atoms with Crippen molar-refractivity contribution >= 4 is 23.9 Å². The van der Waals surface area contributed by atoms with E-state index in [0.29, 0.717) is 0 Å². The van der Waals surface area contributed by atoms with Crippen molar-refractivity contribution in [2.45, 2.75) is 34.1 Å². The Kier molecular flexibility index (Phi) is 63.3. The number of rotatable bonds is 2. The van der Waals surface area contributed by atoms with Crippen LogP contribution in [0.2, 0.25) is 0 Å². The van der Waals surface area contributed by atoms with Gasteiger partial charge in [0.25, 0.3) is 23.9 Å². The van der Waals surface area contributed by atoms with Gasteiger partial charge in [0.1, 0.15) is 0 Å². The molecule has 8 N–H and O–H groups in total. The molecule has 130 valence electrons. The van der Waals surface area contributed by atoms with Gasteiger partial charge in [-0.1, -0.05) is 0 Å². The maximum Gasteiger partial charge on any atom is 1.00 e. The van der Waals surface area contributed by atoms with E-state index in [1.54, 1.807) is 0 Å². The summed E-state index contributed by atoms with van der Waals surface area (Å²) in [6.07, 6.45) is 0.944. The molecular weight excluding hydrogens is 327 g/mol. The summed E-state index contributed by atoms with van der Waals surface area (Å²) in [5.41, 5.74) is 10.1. The first kappa shape index (κ1) is 37.6. The number of carboxylic acid groups (broad SMARTS) is 4. The Labute approximate surface area is 173 Å². The Morgan fingerprint density at radius 2 is 0.773 bits per heavy atom. The van der Waals surface area contributed by atoms with Crippen LogP contribution in [0.3, 0.4) is 0 Å². The zero-order valence-electron chi connectivity index (χ0n) is 14.7. The van der Waals surface area contributed by atoms with Crippen molar-refractivity contribution in [1.29, 1.82) is 0 Å². The first-order valence-electron chi connectivity index (χ1n) is 5.53. The van der Waals surface area contributed by atoms with Gasteiger partial charge >= 0.3 is 51.4 Å². The van der Waals surface area contributed by atoms with Crippen LogP contribution in [0.25, 0.3) is 0 Å². The number of hydrogen-bond acceptors (Lipinski definition) is 6. The zero-order chi connectivity index (χ0) is 18.4. The zero-order valence-corrected chi connectivity index (χ0v) is 16.8. The second kappa shape index (κ2) is 37.0. The largest absolute Gasteiger partial charge is 1.00 e. The number of nitrogens with two attached hydrogens (primary N) is 2. The molecule has 0 spiro atoms. The Hall–Kier alpha value is -0.564. The monoisotopic (exact) mass is 354 g/mol. The third-order valence-corrected chi connectivity index (χ3v) is 0.408. The van der Waals surface area contributed by atoms with Crippen molar-refractivity contribution in [3.05, 3.63) is 0 Å². The second-order valence-electron chi connectivity index (χ2n) is 3.01. The molecule has 0 radical (unpaired) electrons. The summed E-state index contributed by atoms with van der Waals surface area (Å²) in [4.78, 5) is 36.0.